The van der Waals surface area contributed by atoms with E-state index in [4.69, 9.17) is 4.74 Å². The molecule has 0 aliphatic heterocycles. The Morgan fingerprint density at radius 1 is 1.45 bits per heavy atom. The van der Waals surface area contributed by atoms with Crippen LogP contribution in [0.4, 0.5) is 0 Å². The van der Waals surface area contributed by atoms with Gasteiger partial charge in [-0.3, -0.25) is 0 Å². The first-order valence-corrected chi connectivity index (χ1v) is 8.27. The summed E-state index contributed by atoms with van der Waals surface area (Å²) in [7, 11) is 1.96. The van der Waals surface area contributed by atoms with Crippen LogP contribution in [0.15, 0.2) is 28.2 Å². The molecule has 0 aliphatic rings. The zero-order chi connectivity index (χ0) is 14.5. The molecule has 0 fully saturated rings. The molecule has 3 nitrogen and oxygen atoms in total. The summed E-state index contributed by atoms with van der Waals surface area (Å²) in [5, 5.41) is 3.23. The Labute approximate surface area is 132 Å². The zero-order valence-electron chi connectivity index (χ0n) is 11.9. The van der Waals surface area contributed by atoms with E-state index >= 15 is 0 Å². The minimum absolute atomic E-state index is 0.334. The Balaban J connectivity index is 1.95. The summed E-state index contributed by atoms with van der Waals surface area (Å²) in [6.07, 6.45) is 0.900. The van der Waals surface area contributed by atoms with Crippen LogP contribution >= 0.6 is 27.3 Å². The zero-order valence-corrected chi connectivity index (χ0v) is 14.3. The lowest BCUT2D eigenvalue weighted by Gasteiger charge is -2.13. The van der Waals surface area contributed by atoms with Crippen LogP contribution in [-0.4, -0.2) is 18.6 Å². The van der Waals surface area contributed by atoms with Gasteiger partial charge in [0.2, 0.25) is 0 Å². The van der Waals surface area contributed by atoms with Crippen LogP contribution in [0.2, 0.25) is 0 Å². The van der Waals surface area contributed by atoms with E-state index in [1.165, 1.54) is 10.4 Å². The van der Waals surface area contributed by atoms with Crippen LogP contribution in [0.1, 0.15) is 29.1 Å². The SMILES string of the molecule is CNC(C)c1ccc(OCCc2scnc2C)c(Br)c1. The van der Waals surface area contributed by atoms with Gasteiger partial charge in [-0.2, -0.15) is 0 Å². The molecule has 5 heteroatoms. The summed E-state index contributed by atoms with van der Waals surface area (Å²) in [6, 6.07) is 6.56. The molecular formula is C15H19BrN2OS. The molecule has 0 aliphatic carbocycles. The van der Waals surface area contributed by atoms with Gasteiger partial charge in [0, 0.05) is 17.3 Å². The maximum atomic E-state index is 5.85. The molecule has 1 aromatic carbocycles. The first kappa shape index (κ1) is 15.5. The van der Waals surface area contributed by atoms with E-state index in [1.54, 1.807) is 11.3 Å². The van der Waals surface area contributed by atoms with Crippen molar-refractivity contribution in [2.24, 2.45) is 0 Å². The first-order valence-electron chi connectivity index (χ1n) is 6.60. The van der Waals surface area contributed by atoms with Gasteiger partial charge in [0.15, 0.2) is 0 Å². The average molecular weight is 355 g/mol. The molecule has 1 unspecified atom stereocenters. The topological polar surface area (TPSA) is 34.1 Å². The third kappa shape index (κ3) is 3.81. The van der Waals surface area contributed by atoms with Crippen LogP contribution < -0.4 is 10.1 Å². The number of hydrogen-bond acceptors (Lipinski definition) is 4. The summed E-state index contributed by atoms with van der Waals surface area (Å²) in [5.74, 6) is 0.888. The molecule has 0 bridgehead atoms. The lowest BCUT2D eigenvalue weighted by atomic mass is 10.1. The van der Waals surface area contributed by atoms with E-state index in [2.05, 4.69) is 45.3 Å². The van der Waals surface area contributed by atoms with Gasteiger partial charge >= 0.3 is 0 Å². The highest BCUT2D eigenvalue weighted by molar-refractivity contribution is 9.10. The molecule has 0 saturated carbocycles. The average Bonchev–Trinajstić information content (AvgIpc) is 2.85. The smallest absolute Gasteiger partial charge is 0.133 e. The summed E-state index contributed by atoms with van der Waals surface area (Å²) < 4.78 is 6.84. The predicted octanol–water partition coefficient (Wildman–Crippen LogP) is 4.12. The van der Waals surface area contributed by atoms with Crippen LogP contribution in [0.25, 0.3) is 0 Å². The lowest BCUT2D eigenvalue weighted by Crippen LogP contribution is -2.12. The number of rotatable bonds is 6. The predicted molar refractivity (Wildman–Crippen MR) is 87.7 cm³/mol. The third-order valence-electron chi connectivity index (χ3n) is 3.32. The normalized spacial score (nSPS) is 12.4. The molecular weight excluding hydrogens is 336 g/mol. The lowest BCUT2D eigenvalue weighted by molar-refractivity contribution is 0.320. The quantitative estimate of drug-likeness (QED) is 0.847. The number of ether oxygens (including phenoxy) is 1. The molecule has 0 saturated heterocycles. The van der Waals surface area contributed by atoms with Gasteiger partial charge < -0.3 is 10.1 Å². The number of aromatic nitrogens is 1. The molecule has 108 valence electrons. The van der Waals surface area contributed by atoms with Gasteiger partial charge in [-0.05, 0) is 54.5 Å². The van der Waals surface area contributed by atoms with Gasteiger partial charge in [-0.1, -0.05) is 6.07 Å². The minimum Gasteiger partial charge on any atom is -0.492 e. The molecule has 1 heterocycles. The maximum absolute atomic E-state index is 5.85. The fourth-order valence-electron chi connectivity index (χ4n) is 1.89. The van der Waals surface area contributed by atoms with Crippen molar-refractivity contribution in [3.8, 4) is 5.75 Å². The number of aryl methyl sites for hydroxylation is 1. The van der Waals surface area contributed by atoms with Crippen molar-refractivity contribution in [1.29, 1.82) is 0 Å². The highest BCUT2D eigenvalue weighted by atomic mass is 79.9. The Morgan fingerprint density at radius 3 is 2.85 bits per heavy atom. The van der Waals surface area contributed by atoms with Crippen molar-refractivity contribution in [3.05, 3.63) is 44.3 Å². The van der Waals surface area contributed by atoms with Crippen molar-refractivity contribution in [2.75, 3.05) is 13.7 Å². The maximum Gasteiger partial charge on any atom is 0.133 e. The van der Waals surface area contributed by atoms with Gasteiger partial charge in [0.25, 0.3) is 0 Å². The molecule has 1 aromatic heterocycles. The standard InChI is InChI=1S/C15H19BrN2OS/c1-10(17-3)12-4-5-14(13(16)8-12)19-7-6-15-11(2)18-9-20-15/h4-5,8-10,17H,6-7H2,1-3H3. The van der Waals surface area contributed by atoms with E-state index in [1.807, 2.05) is 25.5 Å². The fourth-order valence-corrected chi connectivity index (χ4v) is 3.16. The Kier molecular flexibility index (Phi) is 5.57. The minimum atomic E-state index is 0.334. The van der Waals surface area contributed by atoms with Gasteiger partial charge in [-0.15, -0.1) is 11.3 Å². The van der Waals surface area contributed by atoms with Crippen molar-refractivity contribution >= 4 is 27.3 Å². The van der Waals surface area contributed by atoms with Crippen molar-refractivity contribution in [2.45, 2.75) is 26.3 Å². The second kappa shape index (κ2) is 7.20. The number of hydrogen-bond donors (Lipinski definition) is 1. The van der Waals surface area contributed by atoms with Crippen molar-refractivity contribution in [3.63, 3.8) is 0 Å². The van der Waals surface area contributed by atoms with E-state index in [9.17, 15) is 0 Å². The molecule has 2 aromatic rings. The second-order valence-electron chi connectivity index (χ2n) is 4.66. The van der Waals surface area contributed by atoms with Crippen LogP contribution in [0.5, 0.6) is 5.75 Å². The van der Waals surface area contributed by atoms with Gasteiger partial charge in [-0.25, -0.2) is 4.98 Å². The van der Waals surface area contributed by atoms with Gasteiger partial charge in [0.1, 0.15) is 5.75 Å². The van der Waals surface area contributed by atoms with Crippen molar-refractivity contribution in [1.82, 2.24) is 10.3 Å². The third-order valence-corrected chi connectivity index (χ3v) is 4.94. The van der Waals surface area contributed by atoms with E-state index < -0.39 is 0 Å². The molecule has 2 rings (SSSR count). The number of nitrogens with zero attached hydrogens (tertiary/aromatic N) is 1. The molecule has 0 radical (unpaired) electrons. The Morgan fingerprint density at radius 2 is 2.25 bits per heavy atom. The van der Waals surface area contributed by atoms with Gasteiger partial charge in [0.05, 0.1) is 22.3 Å². The Hall–Kier alpha value is -0.910. The highest BCUT2D eigenvalue weighted by Gasteiger charge is 2.08. The summed E-state index contributed by atoms with van der Waals surface area (Å²) in [4.78, 5) is 5.54. The number of benzene rings is 1. The monoisotopic (exact) mass is 354 g/mol. The first-order chi connectivity index (χ1) is 9.61. The van der Waals surface area contributed by atoms with Crippen LogP contribution in [0.3, 0.4) is 0 Å². The van der Waals surface area contributed by atoms with E-state index in [-0.39, 0.29) is 0 Å². The molecule has 0 amide bonds. The summed E-state index contributed by atoms with van der Waals surface area (Å²) >= 11 is 5.26. The molecule has 20 heavy (non-hydrogen) atoms. The molecule has 1 N–H and O–H groups in total. The summed E-state index contributed by atoms with van der Waals surface area (Å²) in [5.41, 5.74) is 4.23. The molecule has 0 spiro atoms. The number of nitrogens with one attached hydrogen (secondary N) is 1. The number of thiazole rings is 1. The van der Waals surface area contributed by atoms with Crippen LogP contribution in [-0.2, 0) is 6.42 Å². The number of halogens is 1. The van der Waals surface area contributed by atoms with Crippen LogP contribution in [0, 0.1) is 6.92 Å². The Bertz CT molecular complexity index is 571. The summed E-state index contributed by atoms with van der Waals surface area (Å²) in [6.45, 7) is 4.84. The largest absolute Gasteiger partial charge is 0.492 e. The highest BCUT2D eigenvalue weighted by Crippen LogP contribution is 2.28. The molecule has 1 atom stereocenters. The van der Waals surface area contributed by atoms with E-state index in [0.717, 1.165) is 22.3 Å². The second-order valence-corrected chi connectivity index (χ2v) is 6.45. The van der Waals surface area contributed by atoms with Crippen molar-refractivity contribution < 1.29 is 4.74 Å². The fraction of sp³-hybridized carbons (Fsp3) is 0.400. The van der Waals surface area contributed by atoms with E-state index in [0.29, 0.717) is 12.6 Å².